The second-order valence-corrected chi connectivity index (χ2v) is 5.18. The zero-order valence-corrected chi connectivity index (χ0v) is 10.4. The van der Waals surface area contributed by atoms with Crippen molar-refractivity contribution in [3.63, 3.8) is 0 Å². The van der Waals surface area contributed by atoms with Crippen LogP contribution in [0.4, 0.5) is 0 Å². The van der Waals surface area contributed by atoms with Crippen LogP contribution in [0.5, 0.6) is 0 Å². The van der Waals surface area contributed by atoms with Gasteiger partial charge >= 0.3 is 5.97 Å². The Bertz CT molecular complexity index is 324. The monoisotopic (exact) mass is 277 g/mol. The quantitative estimate of drug-likeness (QED) is 0.918. The second-order valence-electron chi connectivity index (χ2n) is 3.32. The van der Waals surface area contributed by atoms with Gasteiger partial charge in [-0.1, -0.05) is 0 Å². The van der Waals surface area contributed by atoms with E-state index in [4.69, 9.17) is 5.11 Å². The maximum atomic E-state index is 11.0. The minimum Gasteiger partial charge on any atom is -0.481 e. The van der Waals surface area contributed by atoms with E-state index in [1.165, 1.54) is 11.3 Å². The largest absolute Gasteiger partial charge is 0.481 e. The molecule has 3 nitrogen and oxygen atoms in total. The highest BCUT2D eigenvalue weighted by Crippen LogP contribution is 2.27. The Hall–Kier alpha value is -0.390. The van der Waals surface area contributed by atoms with Gasteiger partial charge in [-0.05, 0) is 36.1 Å². The number of hydrogen-bond acceptors (Lipinski definition) is 3. The fourth-order valence-electron chi connectivity index (χ4n) is 1.17. The molecule has 78 valence electrons. The van der Waals surface area contributed by atoms with Crippen molar-refractivity contribution in [2.75, 3.05) is 20.6 Å². The number of thiophene rings is 1. The molecule has 1 N–H and O–H groups in total. The molecule has 0 aliphatic carbocycles. The SMILES string of the molecule is CN(C)CC(C(=O)O)c1cc(Br)cs1. The molecule has 0 fully saturated rings. The third-order valence-electron chi connectivity index (χ3n) is 1.78. The first-order chi connectivity index (χ1) is 6.50. The van der Waals surface area contributed by atoms with Gasteiger partial charge in [-0.25, -0.2) is 0 Å². The van der Waals surface area contributed by atoms with Crippen LogP contribution in [0.1, 0.15) is 10.8 Å². The highest BCUT2D eigenvalue weighted by Gasteiger charge is 2.21. The van der Waals surface area contributed by atoms with Crippen LogP contribution in [0.2, 0.25) is 0 Å². The fraction of sp³-hybridized carbons (Fsp3) is 0.444. The third-order valence-corrected chi connectivity index (χ3v) is 3.58. The Kier molecular flexibility index (Phi) is 4.10. The van der Waals surface area contributed by atoms with Crippen LogP contribution in [0.3, 0.4) is 0 Å². The van der Waals surface area contributed by atoms with Gasteiger partial charge in [-0.2, -0.15) is 0 Å². The van der Waals surface area contributed by atoms with E-state index in [0.29, 0.717) is 6.54 Å². The van der Waals surface area contributed by atoms with Crippen molar-refractivity contribution < 1.29 is 9.90 Å². The molecule has 0 aliphatic rings. The summed E-state index contributed by atoms with van der Waals surface area (Å²) >= 11 is 4.79. The summed E-state index contributed by atoms with van der Waals surface area (Å²) in [6.07, 6.45) is 0. The van der Waals surface area contributed by atoms with Crippen LogP contribution < -0.4 is 0 Å². The first-order valence-corrected chi connectivity index (χ1v) is 5.79. The highest BCUT2D eigenvalue weighted by atomic mass is 79.9. The second kappa shape index (κ2) is 4.91. The summed E-state index contributed by atoms with van der Waals surface area (Å²) in [6, 6.07) is 1.87. The van der Waals surface area contributed by atoms with Gasteiger partial charge in [0.25, 0.3) is 0 Å². The number of carbonyl (C=O) groups is 1. The molecule has 1 rings (SSSR count). The van der Waals surface area contributed by atoms with Gasteiger partial charge in [-0.3, -0.25) is 4.79 Å². The first-order valence-electron chi connectivity index (χ1n) is 4.12. The van der Waals surface area contributed by atoms with E-state index < -0.39 is 11.9 Å². The molecule has 1 aromatic rings. The predicted octanol–water partition coefficient (Wildman–Crippen LogP) is 2.24. The number of nitrogens with zero attached hydrogens (tertiary/aromatic N) is 1. The molecule has 0 bridgehead atoms. The van der Waals surface area contributed by atoms with Gasteiger partial charge < -0.3 is 10.0 Å². The third kappa shape index (κ3) is 3.08. The Morgan fingerprint density at radius 2 is 2.36 bits per heavy atom. The number of rotatable bonds is 4. The van der Waals surface area contributed by atoms with Crippen LogP contribution in [0, 0.1) is 0 Å². The number of carboxylic acids is 1. The lowest BCUT2D eigenvalue weighted by atomic mass is 10.1. The van der Waals surface area contributed by atoms with E-state index in [0.717, 1.165) is 9.35 Å². The summed E-state index contributed by atoms with van der Waals surface area (Å²) in [4.78, 5) is 13.8. The van der Waals surface area contributed by atoms with Crippen molar-refractivity contribution in [1.29, 1.82) is 0 Å². The normalized spacial score (nSPS) is 13.1. The molecular weight excluding hydrogens is 266 g/mol. The highest BCUT2D eigenvalue weighted by molar-refractivity contribution is 9.10. The summed E-state index contributed by atoms with van der Waals surface area (Å²) < 4.78 is 0.947. The van der Waals surface area contributed by atoms with Crippen molar-refractivity contribution >= 4 is 33.2 Å². The molecule has 0 amide bonds. The van der Waals surface area contributed by atoms with Gasteiger partial charge in [-0.15, -0.1) is 11.3 Å². The van der Waals surface area contributed by atoms with Crippen molar-refractivity contribution in [2.45, 2.75) is 5.92 Å². The van der Waals surface area contributed by atoms with E-state index in [1.54, 1.807) is 0 Å². The van der Waals surface area contributed by atoms with E-state index in [1.807, 2.05) is 30.4 Å². The van der Waals surface area contributed by atoms with Gasteiger partial charge in [0.15, 0.2) is 0 Å². The van der Waals surface area contributed by atoms with Crippen LogP contribution in [-0.4, -0.2) is 36.6 Å². The smallest absolute Gasteiger partial charge is 0.313 e. The topological polar surface area (TPSA) is 40.5 Å². The average Bonchev–Trinajstić information content (AvgIpc) is 2.46. The number of carboxylic acid groups (broad SMARTS) is 1. The van der Waals surface area contributed by atoms with Crippen molar-refractivity contribution in [3.05, 3.63) is 20.8 Å². The molecule has 0 radical (unpaired) electrons. The van der Waals surface area contributed by atoms with Crippen LogP contribution in [0.15, 0.2) is 15.9 Å². The van der Waals surface area contributed by atoms with Crippen LogP contribution in [-0.2, 0) is 4.79 Å². The average molecular weight is 278 g/mol. The van der Waals surface area contributed by atoms with E-state index in [2.05, 4.69) is 15.9 Å². The van der Waals surface area contributed by atoms with E-state index in [9.17, 15) is 4.79 Å². The molecule has 1 atom stereocenters. The van der Waals surface area contributed by atoms with Crippen LogP contribution in [0.25, 0.3) is 0 Å². The molecule has 0 aliphatic heterocycles. The molecule has 1 heterocycles. The molecule has 0 aromatic carbocycles. The molecule has 14 heavy (non-hydrogen) atoms. The van der Waals surface area contributed by atoms with Crippen molar-refractivity contribution in [1.82, 2.24) is 4.90 Å². The maximum Gasteiger partial charge on any atom is 0.313 e. The molecule has 0 saturated carbocycles. The van der Waals surface area contributed by atoms with Crippen molar-refractivity contribution in [3.8, 4) is 0 Å². The summed E-state index contributed by atoms with van der Waals surface area (Å²) in [5.41, 5.74) is 0. The number of halogens is 1. The molecule has 0 saturated heterocycles. The summed E-state index contributed by atoms with van der Waals surface area (Å²) in [5.74, 6) is -1.20. The molecule has 1 unspecified atom stereocenters. The summed E-state index contributed by atoms with van der Waals surface area (Å²) in [6.45, 7) is 0.530. The van der Waals surface area contributed by atoms with Gasteiger partial charge in [0.2, 0.25) is 0 Å². The zero-order valence-electron chi connectivity index (χ0n) is 8.03. The van der Waals surface area contributed by atoms with Crippen molar-refractivity contribution in [2.24, 2.45) is 0 Å². The number of hydrogen-bond donors (Lipinski definition) is 1. The summed E-state index contributed by atoms with van der Waals surface area (Å²) in [5, 5.41) is 11.0. The minimum atomic E-state index is -0.770. The Balaban J connectivity index is 2.83. The molecule has 5 heteroatoms. The minimum absolute atomic E-state index is 0.429. The molecular formula is C9H12BrNO2S. The summed E-state index contributed by atoms with van der Waals surface area (Å²) in [7, 11) is 3.75. The standard InChI is InChI=1S/C9H12BrNO2S/c1-11(2)4-7(9(12)13)8-3-6(10)5-14-8/h3,5,7H,4H2,1-2H3,(H,12,13). The van der Waals surface area contributed by atoms with Gasteiger partial charge in [0, 0.05) is 21.3 Å². The Morgan fingerprint density at radius 3 is 2.71 bits per heavy atom. The van der Waals surface area contributed by atoms with Gasteiger partial charge in [0.1, 0.15) is 5.92 Å². The first kappa shape index (κ1) is 11.7. The molecule has 0 spiro atoms. The lowest BCUT2D eigenvalue weighted by molar-refractivity contribution is -0.139. The predicted molar refractivity (Wildman–Crippen MR) is 60.9 cm³/mol. The lowest BCUT2D eigenvalue weighted by Gasteiger charge is -2.15. The maximum absolute atomic E-state index is 11.0. The van der Waals surface area contributed by atoms with E-state index in [-0.39, 0.29) is 0 Å². The van der Waals surface area contributed by atoms with Gasteiger partial charge in [0.05, 0.1) is 0 Å². The lowest BCUT2D eigenvalue weighted by Crippen LogP contribution is -2.25. The fourth-order valence-corrected chi connectivity index (χ4v) is 2.70. The Morgan fingerprint density at radius 1 is 1.71 bits per heavy atom. The Labute approximate surface area is 95.5 Å². The van der Waals surface area contributed by atoms with Crippen LogP contribution >= 0.6 is 27.3 Å². The molecule has 1 aromatic heterocycles. The zero-order chi connectivity index (χ0) is 10.7. The van der Waals surface area contributed by atoms with E-state index >= 15 is 0 Å². The number of aliphatic carboxylic acids is 1. The number of likely N-dealkylation sites (N-methyl/N-ethyl adjacent to an activating group) is 1.